The molecule has 0 spiro atoms. The third-order valence-corrected chi connectivity index (χ3v) is 5.13. The number of ether oxygens (including phenoxy) is 2. The minimum atomic E-state index is -0.316. The third kappa shape index (κ3) is 3.91. The highest BCUT2D eigenvalue weighted by Crippen LogP contribution is 2.37. The molecule has 0 saturated carbocycles. The van der Waals surface area contributed by atoms with E-state index in [0.717, 1.165) is 13.0 Å². The second-order valence-corrected chi connectivity index (χ2v) is 7.48. The van der Waals surface area contributed by atoms with Gasteiger partial charge in [-0.3, -0.25) is 0 Å². The molecule has 0 radical (unpaired) electrons. The lowest BCUT2D eigenvalue weighted by Gasteiger charge is -2.32. The molecule has 2 saturated heterocycles. The average molecular weight is 330 g/mol. The first-order valence-corrected chi connectivity index (χ1v) is 8.67. The zero-order valence-corrected chi connectivity index (χ0v) is 15.1. The van der Waals surface area contributed by atoms with Crippen LogP contribution in [0.5, 0.6) is 0 Å². The van der Waals surface area contributed by atoms with Gasteiger partial charge >= 0.3 is 7.12 Å². The average Bonchev–Trinajstić information content (AvgIpc) is 3.02. The Hall–Kier alpha value is -1.14. The van der Waals surface area contributed by atoms with Gasteiger partial charge in [-0.1, -0.05) is 36.3 Å². The summed E-state index contributed by atoms with van der Waals surface area (Å²) in [5.74, 6) is 2.07. The molecule has 0 bridgehead atoms. The first-order valence-electron chi connectivity index (χ1n) is 8.67. The molecule has 5 heteroatoms. The van der Waals surface area contributed by atoms with Gasteiger partial charge in [0.15, 0.2) is 0 Å². The van der Waals surface area contributed by atoms with Crippen molar-refractivity contribution in [3.8, 4) is 0 Å². The van der Waals surface area contributed by atoms with Gasteiger partial charge in [-0.2, -0.15) is 0 Å². The van der Waals surface area contributed by atoms with Crippen molar-refractivity contribution in [3.63, 3.8) is 0 Å². The van der Waals surface area contributed by atoms with Crippen LogP contribution < -0.4 is 0 Å². The Morgan fingerprint density at radius 2 is 1.79 bits per heavy atom. The molecule has 2 aliphatic rings. The van der Waals surface area contributed by atoms with Crippen LogP contribution in [0.1, 0.15) is 39.7 Å². The van der Waals surface area contributed by atoms with Crippen LogP contribution in [0, 0.1) is 0 Å². The Bertz CT molecular complexity index is 566. The van der Waals surface area contributed by atoms with Gasteiger partial charge in [-0.15, -0.1) is 0 Å². The molecule has 0 aliphatic carbocycles. The Balaban J connectivity index is 1.56. The normalized spacial score (nSPS) is 27.1. The van der Waals surface area contributed by atoms with E-state index in [4.69, 9.17) is 18.8 Å². The van der Waals surface area contributed by atoms with Gasteiger partial charge in [-0.05, 0) is 45.3 Å². The highest BCUT2D eigenvalue weighted by molar-refractivity contribution is 6.51. The van der Waals surface area contributed by atoms with Gasteiger partial charge in [0.25, 0.3) is 0 Å². The standard InChI is InChI=1S/C19H27BO4/c1-18(2)19(3,4)24-20(23-18)12-16-10-11-22-17(16)14-21-13-15-8-6-5-7-9-15/h5-9,12,17H,10-11,13-14H2,1-4H3/b16-12+. The van der Waals surface area contributed by atoms with E-state index in [1.807, 2.05) is 18.2 Å². The fourth-order valence-electron chi connectivity index (χ4n) is 2.92. The molecule has 3 rings (SSSR count). The van der Waals surface area contributed by atoms with Crippen LogP contribution in [0.3, 0.4) is 0 Å². The summed E-state index contributed by atoms with van der Waals surface area (Å²) in [6.45, 7) is 10.2. The van der Waals surface area contributed by atoms with Crippen molar-refractivity contribution in [2.75, 3.05) is 13.2 Å². The summed E-state index contributed by atoms with van der Waals surface area (Å²) in [7, 11) is -0.316. The quantitative estimate of drug-likeness (QED) is 0.774. The zero-order valence-electron chi connectivity index (χ0n) is 15.1. The summed E-state index contributed by atoms with van der Waals surface area (Å²) >= 11 is 0. The van der Waals surface area contributed by atoms with Crippen molar-refractivity contribution in [2.45, 2.75) is 58.0 Å². The number of rotatable bonds is 5. The van der Waals surface area contributed by atoms with Gasteiger partial charge in [-0.25, -0.2) is 0 Å². The first-order chi connectivity index (χ1) is 11.4. The van der Waals surface area contributed by atoms with Crippen molar-refractivity contribution < 1.29 is 18.8 Å². The predicted molar refractivity (Wildman–Crippen MR) is 94.6 cm³/mol. The molecule has 24 heavy (non-hydrogen) atoms. The van der Waals surface area contributed by atoms with Gasteiger partial charge < -0.3 is 18.8 Å². The molecular formula is C19H27BO4. The molecule has 0 aromatic heterocycles. The van der Waals surface area contributed by atoms with E-state index in [-0.39, 0.29) is 24.4 Å². The largest absolute Gasteiger partial charge is 0.487 e. The van der Waals surface area contributed by atoms with Gasteiger partial charge in [0.05, 0.1) is 31.0 Å². The minimum Gasteiger partial charge on any atom is -0.400 e. The molecule has 1 unspecified atom stereocenters. The maximum absolute atomic E-state index is 6.05. The smallest absolute Gasteiger partial charge is 0.400 e. The summed E-state index contributed by atoms with van der Waals surface area (Å²) in [5.41, 5.74) is 1.76. The summed E-state index contributed by atoms with van der Waals surface area (Å²) in [5, 5.41) is 0. The lowest BCUT2D eigenvalue weighted by Crippen LogP contribution is -2.41. The van der Waals surface area contributed by atoms with Gasteiger partial charge in [0.2, 0.25) is 0 Å². The lowest BCUT2D eigenvalue weighted by atomic mass is 9.85. The monoisotopic (exact) mass is 330 g/mol. The molecular weight excluding hydrogens is 303 g/mol. The topological polar surface area (TPSA) is 36.9 Å². The number of benzene rings is 1. The van der Waals surface area contributed by atoms with Crippen molar-refractivity contribution in [1.82, 2.24) is 0 Å². The number of hydrogen-bond donors (Lipinski definition) is 0. The summed E-state index contributed by atoms with van der Waals surface area (Å²) in [4.78, 5) is 0. The Labute approximate surface area is 145 Å². The number of hydrogen-bond acceptors (Lipinski definition) is 4. The van der Waals surface area contributed by atoms with Crippen LogP contribution in [-0.4, -0.2) is 37.6 Å². The predicted octanol–water partition coefficient (Wildman–Crippen LogP) is 3.55. The van der Waals surface area contributed by atoms with E-state index < -0.39 is 0 Å². The minimum absolute atomic E-state index is 0.00673. The highest BCUT2D eigenvalue weighted by atomic mass is 16.7. The van der Waals surface area contributed by atoms with Crippen molar-refractivity contribution in [1.29, 1.82) is 0 Å². The molecule has 2 aliphatic heterocycles. The van der Waals surface area contributed by atoms with E-state index in [2.05, 4.69) is 45.8 Å². The fraction of sp³-hybridized carbons (Fsp3) is 0.579. The molecule has 2 fully saturated rings. The Morgan fingerprint density at radius 3 is 2.46 bits per heavy atom. The van der Waals surface area contributed by atoms with E-state index in [0.29, 0.717) is 13.2 Å². The van der Waals surface area contributed by atoms with E-state index in [1.165, 1.54) is 11.1 Å². The maximum Gasteiger partial charge on any atom is 0.487 e. The first kappa shape index (κ1) is 17.7. The Morgan fingerprint density at radius 1 is 1.12 bits per heavy atom. The van der Waals surface area contributed by atoms with Crippen molar-refractivity contribution >= 4 is 7.12 Å². The molecule has 2 heterocycles. The third-order valence-electron chi connectivity index (χ3n) is 5.13. The van der Waals surface area contributed by atoms with Gasteiger partial charge in [0, 0.05) is 0 Å². The Kier molecular flexibility index (Phi) is 5.16. The van der Waals surface area contributed by atoms with E-state index in [1.54, 1.807) is 0 Å². The van der Waals surface area contributed by atoms with Crippen LogP contribution in [0.4, 0.5) is 0 Å². The molecule has 1 aromatic rings. The van der Waals surface area contributed by atoms with Crippen molar-refractivity contribution in [3.05, 3.63) is 47.4 Å². The van der Waals surface area contributed by atoms with Crippen molar-refractivity contribution in [2.24, 2.45) is 0 Å². The molecule has 0 amide bonds. The summed E-state index contributed by atoms with van der Waals surface area (Å²) in [6.07, 6.45) is 0.899. The second kappa shape index (κ2) is 7.00. The lowest BCUT2D eigenvalue weighted by molar-refractivity contribution is 0.00578. The SMILES string of the molecule is CC1(C)OB(/C=C2\CCOC2COCc2ccccc2)OC1(C)C. The molecule has 1 aromatic carbocycles. The van der Waals surface area contributed by atoms with Crippen LogP contribution in [0.2, 0.25) is 0 Å². The van der Waals surface area contributed by atoms with Crippen LogP contribution in [0.25, 0.3) is 0 Å². The van der Waals surface area contributed by atoms with E-state index >= 15 is 0 Å². The molecule has 1 atom stereocenters. The summed E-state index contributed by atoms with van der Waals surface area (Å²) in [6, 6.07) is 10.2. The van der Waals surface area contributed by atoms with Crippen LogP contribution in [-0.2, 0) is 25.4 Å². The second-order valence-electron chi connectivity index (χ2n) is 7.48. The zero-order chi connectivity index (χ0) is 17.2. The molecule has 130 valence electrons. The van der Waals surface area contributed by atoms with Crippen LogP contribution in [0.15, 0.2) is 41.9 Å². The molecule has 4 nitrogen and oxygen atoms in total. The fourth-order valence-corrected chi connectivity index (χ4v) is 2.92. The van der Waals surface area contributed by atoms with Gasteiger partial charge in [0.1, 0.15) is 6.10 Å². The molecule has 0 N–H and O–H groups in total. The highest BCUT2D eigenvalue weighted by Gasteiger charge is 2.50. The van der Waals surface area contributed by atoms with Crippen LogP contribution >= 0.6 is 0 Å². The van der Waals surface area contributed by atoms with E-state index in [9.17, 15) is 0 Å². The summed E-state index contributed by atoms with van der Waals surface area (Å²) < 4.78 is 23.8. The maximum atomic E-state index is 6.05.